The Morgan fingerprint density at radius 1 is 0.935 bits per heavy atom. The van der Waals surface area contributed by atoms with E-state index in [4.69, 9.17) is 5.11 Å². The van der Waals surface area contributed by atoms with Crippen molar-refractivity contribution in [2.45, 2.75) is 19.5 Å². The van der Waals surface area contributed by atoms with E-state index in [1.807, 2.05) is 55.5 Å². The first-order valence-corrected chi connectivity index (χ1v) is 10.00. The normalized spacial score (nSPS) is 14.9. The standard InChI is InChI=1S/C25H22N2O4/c1-16-10-12-17(13-11-16)19-7-3-2-6-18(19)15-27-23(24(30)26-14-22(28)29)20-8-4-5-9-21(20)25(27)31/h2-13,23H,14-15H2,1H3,(H,26,30)(H,28,29). The van der Waals surface area contributed by atoms with Crippen LogP contribution < -0.4 is 5.32 Å². The molecule has 4 rings (SSSR count). The van der Waals surface area contributed by atoms with Crippen LogP contribution in [0, 0.1) is 6.92 Å². The molecular weight excluding hydrogens is 392 g/mol. The zero-order chi connectivity index (χ0) is 22.0. The molecule has 6 nitrogen and oxygen atoms in total. The minimum atomic E-state index is -1.14. The number of rotatable bonds is 6. The van der Waals surface area contributed by atoms with Crippen molar-refractivity contribution in [1.29, 1.82) is 0 Å². The van der Waals surface area contributed by atoms with E-state index in [0.717, 1.165) is 22.3 Å². The smallest absolute Gasteiger partial charge is 0.322 e. The van der Waals surface area contributed by atoms with Gasteiger partial charge in [-0.2, -0.15) is 0 Å². The van der Waals surface area contributed by atoms with Crippen LogP contribution in [-0.4, -0.2) is 34.3 Å². The highest BCUT2D eigenvalue weighted by atomic mass is 16.4. The van der Waals surface area contributed by atoms with Crippen LogP contribution in [0.15, 0.2) is 72.8 Å². The Bertz CT molecular complexity index is 1150. The second-order valence-corrected chi connectivity index (χ2v) is 7.56. The van der Waals surface area contributed by atoms with E-state index in [2.05, 4.69) is 5.32 Å². The van der Waals surface area contributed by atoms with Crippen LogP contribution in [0.3, 0.4) is 0 Å². The number of carboxylic acid groups (broad SMARTS) is 1. The number of aliphatic carboxylic acids is 1. The highest BCUT2D eigenvalue weighted by Crippen LogP contribution is 2.36. The van der Waals surface area contributed by atoms with Crippen LogP contribution in [0.4, 0.5) is 0 Å². The summed E-state index contributed by atoms with van der Waals surface area (Å²) in [6, 6.07) is 22.0. The minimum Gasteiger partial charge on any atom is -0.480 e. The van der Waals surface area contributed by atoms with Gasteiger partial charge in [0, 0.05) is 12.1 Å². The number of aryl methyl sites for hydroxylation is 1. The molecule has 1 atom stereocenters. The van der Waals surface area contributed by atoms with Crippen LogP contribution >= 0.6 is 0 Å². The maximum Gasteiger partial charge on any atom is 0.322 e. The molecule has 0 saturated heterocycles. The number of nitrogens with zero attached hydrogens (tertiary/aromatic N) is 1. The van der Waals surface area contributed by atoms with Crippen molar-refractivity contribution in [3.05, 3.63) is 95.1 Å². The van der Waals surface area contributed by atoms with E-state index in [9.17, 15) is 14.4 Å². The maximum atomic E-state index is 13.2. The fourth-order valence-corrected chi connectivity index (χ4v) is 3.93. The zero-order valence-electron chi connectivity index (χ0n) is 17.0. The molecule has 0 aromatic heterocycles. The summed E-state index contributed by atoms with van der Waals surface area (Å²) in [5, 5.41) is 11.4. The van der Waals surface area contributed by atoms with Gasteiger partial charge in [0.2, 0.25) is 5.91 Å². The molecule has 1 aliphatic rings. The first-order chi connectivity index (χ1) is 15.0. The second kappa shape index (κ2) is 8.44. The molecule has 2 N–H and O–H groups in total. The molecule has 1 unspecified atom stereocenters. The van der Waals surface area contributed by atoms with Crippen LogP contribution in [-0.2, 0) is 16.1 Å². The van der Waals surface area contributed by atoms with Gasteiger partial charge in [-0.3, -0.25) is 14.4 Å². The van der Waals surface area contributed by atoms with E-state index in [0.29, 0.717) is 11.1 Å². The number of amides is 2. The van der Waals surface area contributed by atoms with Gasteiger partial charge in [0.25, 0.3) is 5.91 Å². The van der Waals surface area contributed by atoms with Gasteiger partial charge in [-0.1, -0.05) is 72.3 Å². The number of hydrogen-bond donors (Lipinski definition) is 2. The van der Waals surface area contributed by atoms with Crippen LogP contribution in [0.1, 0.15) is 33.1 Å². The number of nitrogens with one attached hydrogen (secondary N) is 1. The molecule has 0 fully saturated rings. The Morgan fingerprint density at radius 2 is 1.58 bits per heavy atom. The molecule has 3 aromatic rings. The number of benzene rings is 3. The Balaban J connectivity index is 1.70. The summed E-state index contributed by atoms with van der Waals surface area (Å²) in [5.74, 6) is -1.89. The molecule has 0 radical (unpaired) electrons. The van der Waals surface area contributed by atoms with E-state index in [1.165, 1.54) is 4.90 Å². The molecule has 0 saturated carbocycles. The molecular formula is C25H22N2O4. The largest absolute Gasteiger partial charge is 0.480 e. The van der Waals surface area contributed by atoms with E-state index >= 15 is 0 Å². The highest BCUT2D eigenvalue weighted by molar-refractivity contribution is 6.05. The quantitative estimate of drug-likeness (QED) is 0.646. The van der Waals surface area contributed by atoms with Gasteiger partial charge in [-0.15, -0.1) is 0 Å². The van der Waals surface area contributed by atoms with E-state index < -0.39 is 24.5 Å². The number of carboxylic acids is 1. The molecule has 2 amide bonds. The summed E-state index contributed by atoms with van der Waals surface area (Å²) in [6.45, 7) is 1.75. The summed E-state index contributed by atoms with van der Waals surface area (Å²) in [7, 11) is 0. The molecule has 31 heavy (non-hydrogen) atoms. The lowest BCUT2D eigenvalue weighted by molar-refractivity contribution is -0.138. The number of carbonyl (C=O) groups excluding carboxylic acids is 2. The summed E-state index contributed by atoms with van der Waals surface area (Å²) in [5.41, 5.74) is 5.12. The third kappa shape index (κ3) is 4.05. The van der Waals surface area contributed by atoms with Crippen LogP contribution in [0.2, 0.25) is 0 Å². The number of carbonyl (C=O) groups is 3. The second-order valence-electron chi connectivity index (χ2n) is 7.56. The van der Waals surface area contributed by atoms with Crippen molar-refractivity contribution >= 4 is 17.8 Å². The van der Waals surface area contributed by atoms with Crippen molar-refractivity contribution in [3.63, 3.8) is 0 Å². The van der Waals surface area contributed by atoms with Crippen molar-refractivity contribution in [2.75, 3.05) is 6.54 Å². The molecule has 6 heteroatoms. The Hall–Kier alpha value is -3.93. The predicted molar refractivity (Wildman–Crippen MR) is 116 cm³/mol. The fourth-order valence-electron chi connectivity index (χ4n) is 3.93. The monoisotopic (exact) mass is 414 g/mol. The molecule has 0 aliphatic carbocycles. The molecule has 0 spiro atoms. The van der Waals surface area contributed by atoms with Crippen molar-refractivity contribution in [3.8, 4) is 11.1 Å². The van der Waals surface area contributed by atoms with Crippen LogP contribution in [0.5, 0.6) is 0 Å². The average Bonchev–Trinajstić information content (AvgIpc) is 3.05. The summed E-state index contributed by atoms with van der Waals surface area (Å²) >= 11 is 0. The van der Waals surface area contributed by atoms with Gasteiger partial charge in [0.15, 0.2) is 0 Å². The fraction of sp³-hybridized carbons (Fsp3) is 0.160. The van der Waals surface area contributed by atoms with Crippen molar-refractivity contribution < 1.29 is 19.5 Å². The molecule has 3 aromatic carbocycles. The van der Waals surface area contributed by atoms with Crippen molar-refractivity contribution in [2.24, 2.45) is 0 Å². The molecule has 156 valence electrons. The maximum absolute atomic E-state index is 13.2. The van der Waals surface area contributed by atoms with Gasteiger partial charge in [-0.05, 0) is 35.2 Å². The van der Waals surface area contributed by atoms with Gasteiger partial charge >= 0.3 is 5.97 Å². The lowest BCUT2D eigenvalue weighted by Crippen LogP contribution is -2.40. The van der Waals surface area contributed by atoms with Gasteiger partial charge in [-0.25, -0.2) is 0 Å². The summed E-state index contributed by atoms with van der Waals surface area (Å²) < 4.78 is 0. The van der Waals surface area contributed by atoms with Crippen molar-refractivity contribution in [1.82, 2.24) is 10.2 Å². The summed E-state index contributed by atoms with van der Waals surface area (Å²) in [4.78, 5) is 38.5. The lowest BCUT2D eigenvalue weighted by Gasteiger charge is -2.25. The van der Waals surface area contributed by atoms with Gasteiger partial charge in [0.1, 0.15) is 12.6 Å². The van der Waals surface area contributed by atoms with E-state index in [1.54, 1.807) is 24.3 Å². The van der Waals surface area contributed by atoms with Gasteiger partial charge in [0.05, 0.1) is 0 Å². The Kier molecular flexibility index (Phi) is 5.54. The third-order valence-corrected chi connectivity index (χ3v) is 5.44. The lowest BCUT2D eigenvalue weighted by atomic mass is 9.98. The number of hydrogen-bond acceptors (Lipinski definition) is 3. The van der Waals surface area contributed by atoms with E-state index in [-0.39, 0.29) is 12.5 Å². The number of fused-ring (bicyclic) bond motifs is 1. The zero-order valence-corrected chi connectivity index (χ0v) is 17.0. The highest BCUT2D eigenvalue weighted by Gasteiger charge is 2.41. The molecule has 1 heterocycles. The first-order valence-electron chi connectivity index (χ1n) is 10.00. The molecule has 0 bridgehead atoms. The predicted octanol–water partition coefficient (Wildman–Crippen LogP) is 3.56. The first kappa shape index (κ1) is 20.3. The Morgan fingerprint density at radius 3 is 2.29 bits per heavy atom. The molecule has 1 aliphatic heterocycles. The van der Waals surface area contributed by atoms with Gasteiger partial charge < -0.3 is 15.3 Å². The minimum absolute atomic E-state index is 0.225. The van der Waals surface area contributed by atoms with Crippen LogP contribution in [0.25, 0.3) is 11.1 Å². The summed E-state index contributed by atoms with van der Waals surface area (Å²) in [6.07, 6.45) is 0. The average molecular weight is 414 g/mol. The third-order valence-electron chi connectivity index (χ3n) is 5.44. The SMILES string of the molecule is Cc1ccc(-c2ccccc2CN2C(=O)c3ccccc3C2C(=O)NCC(=O)O)cc1. The topological polar surface area (TPSA) is 86.7 Å². The Labute approximate surface area is 180 Å².